The first-order valence-corrected chi connectivity index (χ1v) is 6.63. The molecule has 2 rings (SSSR count). The second kappa shape index (κ2) is 5.30. The SMILES string of the molecule is O=C(Nc1nccs1)c1ccc(Br)c(C(F)(F)F)c1. The summed E-state index contributed by atoms with van der Waals surface area (Å²) in [6.45, 7) is 0. The van der Waals surface area contributed by atoms with Crippen LogP contribution >= 0.6 is 27.3 Å². The van der Waals surface area contributed by atoms with Gasteiger partial charge in [0.05, 0.1) is 5.56 Å². The molecule has 0 aliphatic carbocycles. The van der Waals surface area contributed by atoms with Crippen molar-refractivity contribution in [3.8, 4) is 0 Å². The topological polar surface area (TPSA) is 42.0 Å². The Morgan fingerprint density at radius 2 is 2.11 bits per heavy atom. The number of amides is 1. The number of hydrogen-bond donors (Lipinski definition) is 1. The first kappa shape index (κ1) is 14.0. The summed E-state index contributed by atoms with van der Waals surface area (Å²) < 4.78 is 38.0. The van der Waals surface area contributed by atoms with E-state index in [-0.39, 0.29) is 10.0 Å². The molecule has 3 nitrogen and oxygen atoms in total. The van der Waals surface area contributed by atoms with Crippen LogP contribution in [0.4, 0.5) is 18.3 Å². The van der Waals surface area contributed by atoms with Gasteiger partial charge in [-0.3, -0.25) is 10.1 Å². The van der Waals surface area contributed by atoms with Crippen molar-refractivity contribution >= 4 is 38.3 Å². The van der Waals surface area contributed by atoms with E-state index in [1.165, 1.54) is 29.7 Å². The highest BCUT2D eigenvalue weighted by atomic mass is 79.9. The number of benzene rings is 1. The van der Waals surface area contributed by atoms with Gasteiger partial charge in [0.15, 0.2) is 5.13 Å². The molecule has 19 heavy (non-hydrogen) atoms. The van der Waals surface area contributed by atoms with Gasteiger partial charge >= 0.3 is 6.18 Å². The highest BCUT2D eigenvalue weighted by molar-refractivity contribution is 9.10. The van der Waals surface area contributed by atoms with E-state index in [9.17, 15) is 18.0 Å². The van der Waals surface area contributed by atoms with Gasteiger partial charge in [-0.2, -0.15) is 13.2 Å². The lowest BCUT2D eigenvalue weighted by molar-refractivity contribution is -0.138. The third kappa shape index (κ3) is 3.32. The number of nitrogens with one attached hydrogen (secondary N) is 1. The third-order valence-electron chi connectivity index (χ3n) is 2.19. The molecule has 2 aromatic rings. The summed E-state index contributed by atoms with van der Waals surface area (Å²) in [6, 6.07) is 3.30. The molecule has 0 spiro atoms. The van der Waals surface area contributed by atoms with Gasteiger partial charge < -0.3 is 0 Å². The lowest BCUT2D eigenvalue weighted by Gasteiger charge is -2.10. The average molecular weight is 351 g/mol. The molecular formula is C11H6BrF3N2OS. The molecule has 1 heterocycles. The largest absolute Gasteiger partial charge is 0.417 e. The molecule has 1 aromatic carbocycles. The maximum Gasteiger partial charge on any atom is 0.417 e. The van der Waals surface area contributed by atoms with Crippen LogP contribution in [0.3, 0.4) is 0 Å². The molecule has 1 N–H and O–H groups in total. The second-order valence-corrected chi connectivity index (χ2v) is 5.23. The number of aromatic nitrogens is 1. The van der Waals surface area contributed by atoms with E-state index in [0.29, 0.717) is 5.13 Å². The maximum atomic E-state index is 12.7. The van der Waals surface area contributed by atoms with Crippen LogP contribution < -0.4 is 5.32 Å². The van der Waals surface area contributed by atoms with Crippen molar-refractivity contribution in [3.63, 3.8) is 0 Å². The van der Waals surface area contributed by atoms with E-state index in [4.69, 9.17) is 0 Å². The normalized spacial score (nSPS) is 11.4. The third-order valence-corrected chi connectivity index (χ3v) is 3.57. The zero-order valence-electron chi connectivity index (χ0n) is 9.16. The summed E-state index contributed by atoms with van der Waals surface area (Å²) in [4.78, 5) is 15.6. The van der Waals surface area contributed by atoms with E-state index in [2.05, 4.69) is 26.2 Å². The van der Waals surface area contributed by atoms with Gasteiger partial charge in [-0.05, 0) is 18.2 Å². The van der Waals surface area contributed by atoms with Crippen LogP contribution in [0.1, 0.15) is 15.9 Å². The van der Waals surface area contributed by atoms with Crippen molar-refractivity contribution in [3.05, 3.63) is 45.4 Å². The molecule has 0 saturated heterocycles. The van der Waals surface area contributed by atoms with E-state index < -0.39 is 17.6 Å². The Balaban J connectivity index is 2.28. The summed E-state index contributed by atoms with van der Waals surface area (Å²) in [5, 5.41) is 4.41. The zero-order valence-corrected chi connectivity index (χ0v) is 11.6. The molecule has 0 bridgehead atoms. The van der Waals surface area contributed by atoms with E-state index in [1.807, 2.05) is 0 Å². The van der Waals surface area contributed by atoms with Crippen LogP contribution in [0, 0.1) is 0 Å². The van der Waals surface area contributed by atoms with Crippen LogP contribution in [0.15, 0.2) is 34.2 Å². The summed E-state index contributed by atoms with van der Waals surface area (Å²) >= 11 is 4.00. The standard InChI is InChI=1S/C11H6BrF3N2OS/c12-8-2-1-6(5-7(8)11(13,14)15)9(18)17-10-16-3-4-19-10/h1-5H,(H,16,17,18). The van der Waals surface area contributed by atoms with Crippen molar-refractivity contribution in [1.82, 2.24) is 4.98 Å². The molecule has 0 saturated carbocycles. The van der Waals surface area contributed by atoms with Crippen molar-refractivity contribution in [2.75, 3.05) is 5.32 Å². The number of rotatable bonds is 2. The molecule has 0 aliphatic rings. The minimum Gasteiger partial charge on any atom is -0.298 e. The Morgan fingerprint density at radius 1 is 1.37 bits per heavy atom. The predicted molar refractivity (Wildman–Crippen MR) is 69.2 cm³/mol. The first-order valence-electron chi connectivity index (χ1n) is 4.95. The van der Waals surface area contributed by atoms with E-state index in [0.717, 1.165) is 6.07 Å². The second-order valence-electron chi connectivity index (χ2n) is 3.48. The lowest BCUT2D eigenvalue weighted by Crippen LogP contribution is -2.14. The fourth-order valence-electron chi connectivity index (χ4n) is 1.34. The highest BCUT2D eigenvalue weighted by Crippen LogP contribution is 2.35. The molecule has 1 aromatic heterocycles. The Hall–Kier alpha value is -1.41. The first-order chi connectivity index (χ1) is 8.88. The number of nitrogens with zero attached hydrogens (tertiary/aromatic N) is 1. The number of hydrogen-bond acceptors (Lipinski definition) is 3. The molecule has 8 heteroatoms. The average Bonchev–Trinajstić information content (AvgIpc) is 2.80. The Labute approximate surface area is 118 Å². The van der Waals surface area contributed by atoms with Gasteiger partial charge in [0.25, 0.3) is 5.91 Å². The molecule has 100 valence electrons. The minimum atomic E-state index is -4.52. The van der Waals surface area contributed by atoms with Crippen LogP contribution in [0.5, 0.6) is 0 Å². The van der Waals surface area contributed by atoms with Gasteiger partial charge in [0.2, 0.25) is 0 Å². The number of carbonyl (C=O) groups is 1. The van der Waals surface area contributed by atoms with Gasteiger partial charge in [0, 0.05) is 21.6 Å². The molecule has 0 aliphatic heterocycles. The maximum absolute atomic E-state index is 12.7. The molecule has 1 amide bonds. The van der Waals surface area contributed by atoms with Gasteiger partial charge in [-0.1, -0.05) is 15.9 Å². The van der Waals surface area contributed by atoms with Crippen LogP contribution in [-0.2, 0) is 6.18 Å². The van der Waals surface area contributed by atoms with Gasteiger partial charge in [-0.15, -0.1) is 11.3 Å². The van der Waals surface area contributed by atoms with Gasteiger partial charge in [0.1, 0.15) is 0 Å². The number of anilines is 1. The number of thiazole rings is 1. The van der Waals surface area contributed by atoms with E-state index >= 15 is 0 Å². The van der Waals surface area contributed by atoms with E-state index in [1.54, 1.807) is 5.38 Å². The van der Waals surface area contributed by atoms with Crippen molar-refractivity contribution in [2.24, 2.45) is 0 Å². The summed E-state index contributed by atoms with van der Waals surface area (Å²) in [5.41, 5.74) is -0.968. The fourth-order valence-corrected chi connectivity index (χ4v) is 2.33. The summed E-state index contributed by atoms with van der Waals surface area (Å²) in [5.74, 6) is -0.632. The van der Waals surface area contributed by atoms with Crippen LogP contribution in [0.25, 0.3) is 0 Å². The molecule has 0 atom stereocenters. The monoisotopic (exact) mass is 350 g/mol. The summed E-state index contributed by atoms with van der Waals surface area (Å²) in [7, 11) is 0. The molecular weight excluding hydrogens is 345 g/mol. The fraction of sp³-hybridized carbons (Fsp3) is 0.0909. The highest BCUT2D eigenvalue weighted by Gasteiger charge is 2.33. The minimum absolute atomic E-state index is 0.0780. The number of halogens is 4. The Morgan fingerprint density at radius 3 is 2.68 bits per heavy atom. The molecule has 0 unspecified atom stereocenters. The Bertz CT molecular complexity index is 598. The van der Waals surface area contributed by atoms with Crippen molar-refractivity contribution < 1.29 is 18.0 Å². The number of carbonyl (C=O) groups excluding carboxylic acids is 1. The number of alkyl halides is 3. The predicted octanol–water partition coefficient (Wildman–Crippen LogP) is 4.18. The smallest absolute Gasteiger partial charge is 0.298 e. The zero-order chi connectivity index (χ0) is 14.0. The van der Waals surface area contributed by atoms with Crippen molar-refractivity contribution in [1.29, 1.82) is 0 Å². The Kier molecular flexibility index (Phi) is 3.91. The molecule has 0 radical (unpaired) electrons. The van der Waals surface area contributed by atoms with Crippen LogP contribution in [0.2, 0.25) is 0 Å². The quantitative estimate of drug-likeness (QED) is 0.882. The summed E-state index contributed by atoms with van der Waals surface area (Å²) in [6.07, 6.45) is -3.03. The van der Waals surface area contributed by atoms with Crippen molar-refractivity contribution in [2.45, 2.75) is 6.18 Å². The lowest BCUT2D eigenvalue weighted by atomic mass is 10.1. The molecule has 0 fully saturated rings. The van der Waals surface area contributed by atoms with Crippen LogP contribution in [-0.4, -0.2) is 10.9 Å². The van der Waals surface area contributed by atoms with Gasteiger partial charge in [-0.25, -0.2) is 4.98 Å².